The normalized spacial score (nSPS) is 16.8. The maximum Gasteiger partial charge on any atom is 0.233 e. The lowest BCUT2D eigenvalue weighted by Crippen LogP contribution is -2.47. The number of carbonyl (C=O) groups excluding carboxylic acids is 1. The molecule has 8 nitrogen and oxygen atoms in total. The highest BCUT2D eigenvalue weighted by Crippen LogP contribution is 2.31. The quantitative estimate of drug-likeness (QED) is 0.847. The average Bonchev–Trinajstić information content (AvgIpc) is 3.12. The Bertz CT molecular complexity index is 689. The van der Waals surface area contributed by atoms with E-state index in [0.29, 0.717) is 6.61 Å². The Hall–Kier alpha value is -2.32. The SMILES string of the molecule is COCC1(C(=O)Nc2ccc(C)c(-n3cnnn3)c2)CCNCC1. The monoisotopic (exact) mass is 330 g/mol. The van der Waals surface area contributed by atoms with Gasteiger partial charge in [0, 0.05) is 12.8 Å². The van der Waals surface area contributed by atoms with E-state index in [9.17, 15) is 4.79 Å². The lowest BCUT2D eigenvalue weighted by Gasteiger charge is -2.35. The molecule has 8 heteroatoms. The van der Waals surface area contributed by atoms with E-state index in [-0.39, 0.29) is 5.91 Å². The summed E-state index contributed by atoms with van der Waals surface area (Å²) in [5, 5.41) is 17.6. The number of carbonyl (C=O) groups is 1. The van der Waals surface area contributed by atoms with Gasteiger partial charge in [0.25, 0.3) is 0 Å². The molecule has 0 saturated carbocycles. The summed E-state index contributed by atoms with van der Waals surface area (Å²) in [6, 6.07) is 5.71. The maximum absolute atomic E-state index is 12.9. The molecule has 1 fully saturated rings. The van der Waals surface area contributed by atoms with Crippen molar-refractivity contribution in [2.24, 2.45) is 5.41 Å². The number of rotatable bonds is 5. The molecular weight excluding hydrogens is 308 g/mol. The minimum atomic E-state index is -0.486. The standard InChI is InChI=1S/C16H22N6O2/c1-12-3-4-13(9-14(12)22-11-18-20-21-22)19-15(23)16(10-24-2)5-7-17-8-6-16/h3-4,9,11,17H,5-8,10H2,1-2H3,(H,19,23). The van der Waals surface area contributed by atoms with Crippen molar-refractivity contribution in [1.82, 2.24) is 25.5 Å². The summed E-state index contributed by atoms with van der Waals surface area (Å²) in [5.74, 6) is -0.00244. The van der Waals surface area contributed by atoms with Gasteiger partial charge in [0.15, 0.2) is 0 Å². The number of benzene rings is 1. The number of aryl methyl sites for hydroxylation is 1. The van der Waals surface area contributed by atoms with Gasteiger partial charge < -0.3 is 15.4 Å². The smallest absolute Gasteiger partial charge is 0.233 e. The van der Waals surface area contributed by atoms with Crippen LogP contribution in [0.4, 0.5) is 5.69 Å². The molecule has 1 aliphatic rings. The van der Waals surface area contributed by atoms with Crippen molar-refractivity contribution in [3.63, 3.8) is 0 Å². The van der Waals surface area contributed by atoms with Crippen LogP contribution < -0.4 is 10.6 Å². The van der Waals surface area contributed by atoms with E-state index in [1.165, 1.54) is 6.33 Å². The summed E-state index contributed by atoms with van der Waals surface area (Å²) in [4.78, 5) is 12.9. The molecule has 1 saturated heterocycles. The van der Waals surface area contributed by atoms with Gasteiger partial charge in [0.05, 0.1) is 17.7 Å². The van der Waals surface area contributed by atoms with Crippen molar-refractivity contribution in [3.8, 4) is 5.69 Å². The van der Waals surface area contributed by atoms with Crippen molar-refractivity contribution >= 4 is 11.6 Å². The van der Waals surface area contributed by atoms with E-state index >= 15 is 0 Å². The number of anilines is 1. The number of ether oxygens (including phenoxy) is 1. The van der Waals surface area contributed by atoms with Crippen molar-refractivity contribution in [2.45, 2.75) is 19.8 Å². The third kappa shape index (κ3) is 3.29. The van der Waals surface area contributed by atoms with Crippen LogP contribution in [0.5, 0.6) is 0 Å². The highest BCUT2D eigenvalue weighted by molar-refractivity contribution is 5.95. The Morgan fingerprint density at radius 3 is 2.88 bits per heavy atom. The second-order valence-electron chi connectivity index (χ2n) is 6.17. The first-order valence-electron chi connectivity index (χ1n) is 8.00. The van der Waals surface area contributed by atoms with Crippen LogP contribution in [-0.2, 0) is 9.53 Å². The third-order valence-corrected chi connectivity index (χ3v) is 4.53. The predicted molar refractivity (Wildman–Crippen MR) is 88.9 cm³/mol. The van der Waals surface area contributed by atoms with Crippen molar-refractivity contribution in [1.29, 1.82) is 0 Å². The van der Waals surface area contributed by atoms with Gasteiger partial charge in [-0.2, -0.15) is 0 Å². The maximum atomic E-state index is 12.9. The lowest BCUT2D eigenvalue weighted by atomic mass is 9.78. The number of hydrogen-bond acceptors (Lipinski definition) is 6. The van der Waals surface area contributed by atoms with Crippen LogP contribution in [0, 0.1) is 12.3 Å². The van der Waals surface area contributed by atoms with Crippen molar-refractivity contribution in [2.75, 3.05) is 32.1 Å². The molecule has 0 atom stereocenters. The first kappa shape index (κ1) is 16.5. The van der Waals surface area contributed by atoms with Gasteiger partial charge in [-0.15, -0.1) is 5.10 Å². The van der Waals surface area contributed by atoms with Gasteiger partial charge in [-0.05, 0) is 61.0 Å². The lowest BCUT2D eigenvalue weighted by molar-refractivity contribution is -0.130. The van der Waals surface area contributed by atoms with E-state index in [1.807, 2.05) is 25.1 Å². The average molecular weight is 330 g/mol. The van der Waals surface area contributed by atoms with Gasteiger partial charge in [0.2, 0.25) is 5.91 Å². The Morgan fingerprint density at radius 1 is 1.42 bits per heavy atom. The summed E-state index contributed by atoms with van der Waals surface area (Å²) >= 11 is 0. The van der Waals surface area contributed by atoms with Crippen LogP contribution >= 0.6 is 0 Å². The molecule has 24 heavy (non-hydrogen) atoms. The molecule has 0 unspecified atom stereocenters. The topological polar surface area (TPSA) is 94.0 Å². The Balaban J connectivity index is 1.82. The number of methoxy groups -OCH3 is 1. The molecule has 1 aromatic heterocycles. The van der Waals surface area contributed by atoms with Crippen molar-refractivity contribution in [3.05, 3.63) is 30.1 Å². The number of piperidine rings is 1. The fourth-order valence-electron chi connectivity index (χ4n) is 3.09. The summed E-state index contributed by atoms with van der Waals surface area (Å²) in [6.07, 6.45) is 3.06. The molecule has 1 aromatic carbocycles. The highest BCUT2D eigenvalue weighted by Gasteiger charge is 2.39. The minimum absolute atomic E-state index is 0.00244. The third-order valence-electron chi connectivity index (χ3n) is 4.53. The zero-order chi connectivity index (χ0) is 17.0. The zero-order valence-electron chi connectivity index (χ0n) is 14.0. The molecular formula is C16H22N6O2. The van der Waals surface area contributed by atoms with E-state index in [0.717, 1.165) is 42.9 Å². The molecule has 2 aromatic rings. The summed E-state index contributed by atoms with van der Waals surface area (Å²) in [5.41, 5.74) is 2.10. The van der Waals surface area contributed by atoms with Gasteiger partial charge in [-0.1, -0.05) is 6.07 Å². The molecule has 0 aliphatic carbocycles. The molecule has 0 bridgehead atoms. The van der Waals surface area contributed by atoms with Gasteiger partial charge in [0.1, 0.15) is 6.33 Å². The number of hydrogen-bond donors (Lipinski definition) is 2. The van der Waals surface area contributed by atoms with E-state index in [2.05, 4.69) is 26.2 Å². The zero-order valence-corrected chi connectivity index (χ0v) is 14.0. The molecule has 0 radical (unpaired) electrons. The molecule has 2 heterocycles. The van der Waals surface area contributed by atoms with E-state index in [4.69, 9.17) is 4.74 Å². The van der Waals surface area contributed by atoms with Crippen LogP contribution in [0.1, 0.15) is 18.4 Å². The molecule has 1 aliphatic heterocycles. The first-order chi connectivity index (χ1) is 11.6. The molecule has 2 N–H and O–H groups in total. The van der Waals surface area contributed by atoms with Crippen LogP contribution in [0.3, 0.4) is 0 Å². The summed E-state index contributed by atoms with van der Waals surface area (Å²) < 4.78 is 6.91. The number of nitrogens with one attached hydrogen (secondary N) is 2. The minimum Gasteiger partial charge on any atom is -0.384 e. The Labute approximate surface area is 140 Å². The molecule has 3 rings (SSSR count). The predicted octanol–water partition coefficient (Wildman–Crippen LogP) is 0.925. The van der Waals surface area contributed by atoms with E-state index in [1.54, 1.807) is 11.8 Å². The largest absolute Gasteiger partial charge is 0.384 e. The first-order valence-corrected chi connectivity index (χ1v) is 8.00. The molecule has 128 valence electrons. The fourth-order valence-corrected chi connectivity index (χ4v) is 3.09. The second-order valence-corrected chi connectivity index (χ2v) is 6.17. The van der Waals surface area contributed by atoms with Crippen LogP contribution in [0.2, 0.25) is 0 Å². The van der Waals surface area contributed by atoms with Crippen molar-refractivity contribution < 1.29 is 9.53 Å². The summed E-state index contributed by atoms with van der Waals surface area (Å²) in [6.45, 7) is 4.04. The number of amides is 1. The van der Waals surface area contributed by atoms with Crippen LogP contribution in [-0.4, -0.2) is 52.9 Å². The van der Waals surface area contributed by atoms with Gasteiger partial charge >= 0.3 is 0 Å². The van der Waals surface area contributed by atoms with E-state index < -0.39 is 5.41 Å². The highest BCUT2D eigenvalue weighted by atomic mass is 16.5. The second kappa shape index (κ2) is 7.06. The Kier molecular flexibility index (Phi) is 4.86. The van der Waals surface area contributed by atoms with Gasteiger partial charge in [-0.25, -0.2) is 4.68 Å². The number of nitrogens with zero attached hydrogens (tertiary/aromatic N) is 4. The number of tetrazole rings is 1. The van der Waals surface area contributed by atoms with Gasteiger partial charge in [-0.3, -0.25) is 4.79 Å². The Morgan fingerprint density at radius 2 is 2.21 bits per heavy atom. The molecule has 0 spiro atoms. The molecule has 1 amide bonds. The summed E-state index contributed by atoms with van der Waals surface area (Å²) in [7, 11) is 1.64. The number of aromatic nitrogens is 4. The fraction of sp³-hybridized carbons (Fsp3) is 0.500. The van der Waals surface area contributed by atoms with Crippen LogP contribution in [0.15, 0.2) is 24.5 Å². The van der Waals surface area contributed by atoms with Crippen LogP contribution in [0.25, 0.3) is 5.69 Å².